The molecule has 4 rings (SSSR count). The molecule has 1 aromatic heterocycles. The molecule has 1 aromatic carbocycles. The van der Waals surface area contributed by atoms with Gasteiger partial charge in [0.25, 0.3) is 5.91 Å². The Morgan fingerprint density at radius 3 is 2.57 bits per heavy atom. The number of hydrogen-bond donors (Lipinski definition) is 1. The van der Waals surface area contributed by atoms with Crippen LogP contribution in [0.25, 0.3) is 0 Å². The first-order valence-corrected chi connectivity index (χ1v) is 10.2. The molecule has 5 heteroatoms. The lowest BCUT2D eigenvalue weighted by Crippen LogP contribution is -2.60. The summed E-state index contributed by atoms with van der Waals surface area (Å²) >= 11 is 0. The van der Waals surface area contributed by atoms with Gasteiger partial charge in [-0.3, -0.25) is 9.59 Å². The normalized spacial score (nSPS) is 20.5. The Bertz CT molecular complexity index is 872. The minimum absolute atomic E-state index is 0.0630. The standard InChI is InChI=1S/C23H27N3O2/c1-16(2)15-26-22(28)18-10-4-3-9-17(18)20(23(26)12-6-7-13-23)21(27)25-19-11-5-8-14-24-19/h3-5,8-11,14,16,20H,6-7,12-13,15H2,1-2H3,(H,24,25,27)/t20-/m1/s1. The molecule has 0 bridgehead atoms. The third-order valence-electron chi connectivity index (χ3n) is 6.02. The Hall–Kier alpha value is -2.69. The van der Waals surface area contributed by atoms with E-state index >= 15 is 0 Å². The average Bonchev–Trinajstić information content (AvgIpc) is 3.16. The number of amides is 2. The van der Waals surface area contributed by atoms with Crippen LogP contribution in [0.5, 0.6) is 0 Å². The van der Waals surface area contributed by atoms with Crippen molar-refractivity contribution in [2.75, 3.05) is 11.9 Å². The molecule has 5 nitrogen and oxygen atoms in total. The molecular weight excluding hydrogens is 350 g/mol. The van der Waals surface area contributed by atoms with Gasteiger partial charge in [0.1, 0.15) is 5.82 Å². The van der Waals surface area contributed by atoms with Crippen LogP contribution >= 0.6 is 0 Å². The highest BCUT2D eigenvalue weighted by Crippen LogP contribution is 2.50. The molecule has 146 valence electrons. The van der Waals surface area contributed by atoms with Gasteiger partial charge >= 0.3 is 0 Å². The maximum atomic E-state index is 13.5. The molecule has 1 spiro atoms. The predicted octanol–water partition coefficient (Wildman–Crippen LogP) is 4.23. The molecule has 1 fully saturated rings. The van der Waals surface area contributed by atoms with Crippen molar-refractivity contribution in [1.29, 1.82) is 0 Å². The van der Waals surface area contributed by atoms with Crippen molar-refractivity contribution in [3.8, 4) is 0 Å². The van der Waals surface area contributed by atoms with Crippen LogP contribution in [0.1, 0.15) is 61.4 Å². The Morgan fingerprint density at radius 2 is 1.89 bits per heavy atom. The van der Waals surface area contributed by atoms with Crippen molar-refractivity contribution in [3.63, 3.8) is 0 Å². The summed E-state index contributed by atoms with van der Waals surface area (Å²) in [6.45, 7) is 4.92. The number of rotatable bonds is 4. The number of hydrogen-bond acceptors (Lipinski definition) is 3. The maximum Gasteiger partial charge on any atom is 0.254 e. The number of carbonyl (C=O) groups is 2. The summed E-state index contributed by atoms with van der Waals surface area (Å²) in [7, 11) is 0. The van der Waals surface area contributed by atoms with Gasteiger partial charge in [-0.05, 0) is 42.5 Å². The number of nitrogens with zero attached hydrogens (tertiary/aromatic N) is 2. The van der Waals surface area contributed by atoms with Crippen LogP contribution in [0.2, 0.25) is 0 Å². The zero-order valence-corrected chi connectivity index (χ0v) is 16.5. The highest BCUT2D eigenvalue weighted by Gasteiger charge is 2.55. The van der Waals surface area contributed by atoms with Gasteiger partial charge in [-0.2, -0.15) is 0 Å². The van der Waals surface area contributed by atoms with Gasteiger partial charge in [-0.1, -0.05) is 51.0 Å². The van der Waals surface area contributed by atoms with Crippen LogP contribution < -0.4 is 5.32 Å². The van der Waals surface area contributed by atoms with Crippen LogP contribution in [-0.2, 0) is 4.79 Å². The summed E-state index contributed by atoms with van der Waals surface area (Å²) in [5, 5.41) is 3.00. The quantitative estimate of drug-likeness (QED) is 0.867. The van der Waals surface area contributed by atoms with E-state index in [1.54, 1.807) is 12.3 Å². The van der Waals surface area contributed by atoms with Gasteiger partial charge < -0.3 is 10.2 Å². The first-order valence-electron chi connectivity index (χ1n) is 10.2. The molecule has 2 aliphatic rings. The van der Waals surface area contributed by atoms with Gasteiger partial charge in [0.05, 0.1) is 11.5 Å². The number of pyridine rings is 1. The lowest BCUT2D eigenvalue weighted by Gasteiger charge is -2.50. The fourth-order valence-corrected chi connectivity index (χ4v) is 4.93. The molecule has 0 unspecified atom stereocenters. The fraction of sp³-hybridized carbons (Fsp3) is 0.435. The molecule has 1 N–H and O–H groups in total. The molecular formula is C23H27N3O2. The summed E-state index contributed by atoms with van der Waals surface area (Å²) < 4.78 is 0. The Kier molecular flexibility index (Phi) is 4.92. The van der Waals surface area contributed by atoms with Crippen molar-refractivity contribution in [2.24, 2.45) is 5.92 Å². The predicted molar refractivity (Wildman–Crippen MR) is 109 cm³/mol. The second kappa shape index (κ2) is 7.38. The van der Waals surface area contributed by atoms with E-state index in [-0.39, 0.29) is 17.7 Å². The van der Waals surface area contributed by atoms with Gasteiger partial charge in [0.2, 0.25) is 5.91 Å². The van der Waals surface area contributed by atoms with Crippen molar-refractivity contribution in [2.45, 2.75) is 51.0 Å². The van der Waals surface area contributed by atoms with Gasteiger partial charge in [-0.15, -0.1) is 0 Å². The third kappa shape index (κ3) is 3.09. The minimum atomic E-state index is -0.450. The van der Waals surface area contributed by atoms with Crippen molar-refractivity contribution >= 4 is 17.6 Å². The molecule has 1 aliphatic heterocycles. The van der Waals surface area contributed by atoms with Gasteiger partial charge in [-0.25, -0.2) is 4.98 Å². The summed E-state index contributed by atoms with van der Waals surface area (Å²) in [6.07, 6.45) is 5.47. The minimum Gasteiger partial charge on any atom is -0.332 e. The first kappa shape index (κ1) is 18.7. The van der Waals surface area contributed by atoms with Crippen molar-refractivity contribution in [1.82, 2.24) is 9.88 Å². The van der Waals surface area contributed by atoms with Gasteiger partial charge in [0, 0.05) is 18.3 Å². The number of anilines is 1. The number of carbonyl (C=O) groups excluding carboxylic acids is 2. The molecule has 28 heavy (non-hydrogen) atoms. The monoisotopic (exact) mass is 377 g/mol. The lowest BCUT2D eigenvalue weighted by atomic mass is 9.70. The smallest absolute Gasteiger partial charge is 0.254 e. The molecule has 2 heterocycles. The second-order valence-electron chi connectivity index (χ2n) is 8.34. The van der Waals surface area contributed by atoms with E-state index < -0.39 is 5.54 Å². The van der Waals surface area contributed by atoms with E-state index in [0.717, 1.165) is 31.2 Å². The SMILES string of the molecule is CC(C)CN1C(=O)c2ccccc2[C@H](C(=O)Nc2ccccn2)C12CCCC2. The molecule has 0 radical (unpaired) electrons. The topological polar surface area (TPSA) is 62.3 Å². The zero-order valence-electron chi connectivity index (χ0n) is 16.5. The summed E-state index contributed by atoms with van der Waals surface area (Å²) in [5.74, 6) is 0.490. The van der Waals surface area contributed by atoms with Crippen LogP contribution in [0.15, 0.2) is 48.7 Å². The van der Waals surface area contributed by atoms with Gasteiger partial charge in [0.15, 0.2) is 0 Å². The third-order valence-corrected chi connectivity index (χ3v) is 6.02. The fourth-order valence-electron chi connectivity index (χ4n) is 4.93. The molecule has 1 atom stereocenters. The van der Waals surface area contributed by atoms with E-state index in [1.165, 1.54) is 0 Å². The number of nitrogens with one attached hydrogen (secondary N) is 1. The second-order valence-corrected chi connectivity index (χ2v) is 8.34. The summed E-state index contributed by atoms with van der Waals surface area (Å²) in [6, 6.07) is 13.1. The number of fused-ring (bicyclic) bond motifs is 1. The highest BCUT2D eigenvalue weighted by atomic mass is 16.2. The molecule has 2 aromatic rings. The highest BCUT2D eigenvalue weighted by molar-refractivity contribution is 6.04. The van der Waals surface area contributed by atoms with Crippen LogP contribution in [-0.4, -0.2) is 33.8 Å². The van der Waals surface area contributed by atoms with Crippen molar-refractivity contribution < 1.29 is 9.59 Å². The van der Waals surface area contributed by atoms with Crippen LogP contribution in [0.4, 0.5) is 5.82 Å². The molecule has 1 aliphatic carbocycles. The number of aromatic nitrogens is 1. The number of benzene rings is 1. The largest absolute Gasteiger partial charge is 0.332 e. The van der Waals surface area contributed by atoms with E-state index in [0.29, 0.717) is 23.8 Å². The summed E-state index contributed by atoms with van der Waals surface area (Å²) in [5.41, 5.74) is 1.05. The first-order chi connectivity index (χ1) is 13.5. The summed E-state index contributed by atoms with van der Waals surface area (Å²) in [4.78, 5) is 33.2. The van der Waals surface area contributed by atoms with Crippen molar-refractivity contribution in [3.05, 3.63) is 59.8 Å². The van der Waals surface area contributed by atoms with E-state index in [4.69, 9.17) is 0 Å². The molecule has 1 saturated carbocycles. The molecule has 0 saturated heterocycles. The Morgan fingerprint density at radius 1 is 1.18 bits per heavy atom. The average molecular weight is 377 g/mol. The Labute approximate surface area is 166 Å². The maximum absolute atomic E-state index is 13.5. The lowest BCUT2D eigenvalue weighted by molar-refractivity contribution is -0.121. The molecule has 2 amide bonds. The van der Waals surface area contributed by atoms with Crippen LogP contribution in [0, 0.1) is 5.92 Å². The van der Waals surface area contributed by atoms with E-state index in [1.807, 2.05) is 41.3 Å². The van der Waals surface area contributed by atoms with Crippen LogP contribution in [0.3, 0.4) is 0 Å². The van der Waals surface area contributed by atoms with E-state index in [9.17, 15) is 9.59 Å². The van der Waals surface area contributed by atoms with E-state index in [2.05, 4.69) is 24.1 Å². The zero-order chi connectivity index (χ0) is 19.7. The Balaban J connectivity index is 1.81.